The Kier molecular flexibility index (Phi) is 4.72. The second-order valence-corrected chi connectivity index (χ2v) is 7.33. The van der Waals surface area contributed by atoms with Gasteiger partial charge in [0.15, 0.2) is 11.5 Å². The average molecular weight is 403 g/mol. The van der Waals surface area contributed by atoms with Crippen LogP contribution < -0.4 is 0 Å². The van der Waals surface area contributed by atoms with Crippen LogP contribution in [-0.4, -0.2) is 66.6 Å². The van der Waals surface area contributed by atoms with Crippen molar-refractivity contribution in [1.82, 2.24) is 34.5 Å². The molecule has 0 bridgehead atoms. The fourth-order valence-corrected chi connectivity index (χ4v) is 3.65. The summed E-state index contributed by atoms with van der Waals surface area (Å²) in [5, 5.41) is 12.7. The van der Waals surface area contributed by atoms with Gasteiger partial charge < -0.3 is 9.42 Å². The number of piperazine rings is 1. The predicted molar refractivity (Wildman–Crippen MR) is 109 cm³/mol. The van der Waals surface area contributed by atoms with Crippen molar-refractivity contribution in [2.75, 3.05) is 26.2 Å². The second kappa shape index (κ2) is 7.68. The molecule has 9 heteroatoms. The molecule has 1 amide bonds. The lowest BCUT2D eigenvalue weighted by Crippen LogP contribution is -2.47. The first-order chi connectivity index (χ1) is 14.7. The Morgan fingerprint density at radius 3 is 2.60 bits per heavy atom. The Bertz CT molecular complexity index is 1180. The van der Waals surface area contributed by atoms with E-state index in [-0.39, 0.29) is 5.91 Å². The van der Waals surface area contributed by atoms with Gasteiger partial charge in [-0.3, -0.25) is 14.1 Å². The number of fused-ring (bicyclic) bond motifs is 1. The predicted octanol–water partition coefficient (Wildman–Crippen LogP) is 2.11. The second-order valence-electron chi connectivity index (χ2n) is 7.33. The molecule has 0 aliphatic carbocycles. The summed E-state index contributed by atoms with van der Waals surface area (Å²) in [4.78, 5) is 20.2. The number of hydrogen-bond donors (Lipinski definition) is 0. The third kappa shape index (κ3) is 3.55. The van der Waals surface area contributed by atoms with Gasteiger partial charge in [0.25, 0.3) is 5.89 Å². The molecule has 152 valence electrons. The number of hydrogen-bond acceptors (Lipinski definition) is 7. The highest BCUT2D eigenvalue weighted by atomic mass is 16.5. The Morgan fingerprint density at radius 2 is 1.83 bits per heavy atom. The van der Waals surface area contributed by atoms with Gasteiger partial charge >= 0.3 is 0 Å². The minimum absolute atomic E-state index is 0.131. The number of carbonyl (C=O) groups excluding carboxylic acids is 1. The fourth-order valence-electron chi connectivity index (χ4n) is 3.65. The van der Waals surface area contributed by atoms with Crippen molar-refractivity contribution in [3.63, 3.8) is 0 Å². The molecule has 1 fully saturated rings. The fraction of sp³-hybridized carbons (Fsp3) is 0.286. The molecule has 1 aliphatic heterocycles. The zero-order chi connectivity index (χ0) is 20.5. The molecule has 0 spiro atoms. The summed E-state index contributed by atoms with van der Waals surface area (Å²) < 4.78 is 7.42. The Hall–Kier alpha value is -3.59. The number of pyridine rings is 1. The van der Waals surface area contributed by atoms with E-state index in [2.05, 4.69) is 25.2 Å². The van der Waals surface area contributed by atoms with Crippen LogP contribution in [0.2, 0.25) is 0 Å². The highest BCUT2D eigenvalue weighted by Crippen LogP contribution is 2.23. The molecule has 0 saturated carbocycles. The van der Waals surface area contributed by atoms with Crippen LogP contribution in [0.5, 0.6) is 0 Å². The van der Waals surface area contributed by atoms with E-state index in [1.807, 2.05) is 58.0 Å². The maximum Gasteiger partial charge on any atom is 0.258 e. The molecular weight excluding hydrogens is 382 g/mol. The summed E-state index contributed by atoms with van der Waals surface area (Å²) >= 11 is 0. The maximum absolute atomic E-state index is 11.5. The van der Waals surface area contributed by atoms with Crippen LogP contribution in [0.15, 0.2) is 53.2 Å². The summed E-state index contributed by atoms with van der Waals surface area (Å²) in [5.74, 6) is 1.99. The Labute approximate surface area is 172 Å². The van der Waals surface area contributed by atoms with Crippen LogP contribution in [0.3, 0.4) is 0 Å². The van der Waals surface area contributed by atoms with Gasteiger partial charge in [0, 0.05) is 50.4 Å². The molecular formula is C21H21N7O2. The maximum atomic E-state index is 11.5. The smallest absolute Gasteiger partial charge is 0.258 e. The molecule has 1 saturated heterocycles. The van der Waals surface area contributed by atoms with E-state index in [4.69, 9.17) is 4.52 Å². The van der Waals surface area contributed by atoms with Gasteiger partial charge in [0.1, 0.15) is 0 Å². The highest BCUT2D eigenvalue weighted by molar-refractivity contribution is 5.73. The Balaban J connectivity index is 1.33. The summed E-state index contributed by atoms with van der Waals surface area (Å²) in [6.45, 7) is 5.46. The molecule has 0 radical (unpaired) electrons. The minimum Gasteiger partial charge on any atom is -0.340 e. The minimum atomic E-state index is 0.131. The first-order valence-corrected chi connectivity index (χ1v) is 9.88. The molecule has 4 aromatic rings. The molecule has 30 heavy (non-hydrogen) atoms. The van der Waals surface area contributed by atoms with Crippen molar-refractivity contribution in [1.29, 1.82) is 0 Å². The normalized spacial score (nSPS) is 15.0. The van der Waals surface area contributed by atoms with Crippen LogP contribution in [0, 0.1) is 0 Å². The largest absolute Gasteiger partial charge is 0.340 e. The third-order valence-electron chi connectivity index (χ3n) is 5.37. The molecule has 1 aromatic carbocycles. The van der Waals surface area contributed by atoms with E-state index in [9.17, 15) is 4.79 Å². The quantitative estimate of drug-likeness (QED) is 0.515. The van der Waals surface area contributed by atoms with E-state index in [1.54, 1.807) is 6.92 Å². The monoisotopic (exact) mass is 403 g/mol. The van der Waals surface area contributed by atoms with Gasteiger partial charge in [-0.15, -0.1) is 10.2 Å². The lowest BCUT2D eigenvalue weighted by Gasteiger charge is -2.33. The van der Waals surface area contributed by atoms with Gasteiger partial charge in [0.2, 0.25) is 11.7 Å². The number of amides is 1. The standard InChI is InChI=1S/C21H21N7O2/c1-15(29)27-11-9-26(10-12-27)14-19-24-23-18-13-17(7-8-28(18)19)21-22-20(25-30-21)16-5-3-2-4-6-16/h2-8,13H,9-12,14H2,1H3. The SMILES string of the molecule is CC(=O)N1CCN(Cc2nnc3cc(-c4nc(-c5ccccc5)no4)ccn23)CC1. The van der Waals surface area contributed by atoms with Gasteiger partial charge in [-0.2, -0.15) is 4.98 Å². The van der Waals surface area contributed by atoms with Gasteiger partial charge in [0.05, 0.1) is 6.54 Å². The van der Waals surface area contributed by atoms with Crippen LogP contribution in [-0.2, 0) is 11.3 Å². The van der Waals surface area contributed by atoms with Crippen molar-refractivity contribution in [3.8, 4) is 22.8 Å². The molecule has 1 aliphatic rings. The van der Waals surface area contributed by atoms with Crippen LogP contribution in [0.25, 0.3) is 28.5 Å². The number of rotatable bonds is 4. The van der Waals surface area contributed by atoms with Gasteiger partial charge in [-0.1, -0.05) is 35.5 Å². The van der Waals surface area contributed by atoms with Crippen molar-refractivity contribution in [2.24, 2.45) is 0 Å². The Morgan fingerprint density at radius 1 is 1.03 bits per heavy atom. The van der Waals surface area contributed by atoms with Gasteiger partial charge in [-0.25, -0.2) is 0 Å². The third-order valence-corrected chi connectivity index (χ3v) is 5.37. The van der Waals surface area contributed by atoms with E-state index >= 15 is 0 Å². The molecule has 5 rings (SSSR count). The topological polar surface area (TPSA) is 92.7 Å². The zero-order valence-electron chi connectivity index (χ0n) is 16.6. The van der Waals surface area contributed by atoms with Crippen molar-refractivity contribution in [3.05, 3.63) is 54.5 Å². The summed E-state index contributed by atoms with van der Waals surface area (Å²) in [6.07, 6.45) is 1.93. The number of nitrogens with zero attached hydrogens (tertiary/aromatic N) is 7. The van der Waals surface area contributed by atoms with Crippen molar-refractivity contribution in [2.45, 2.75) is 13.5 Å². The first kappa shape index (κ1) is 18.4. The lowest BCUT2D eigenvalue weighted by molar-refractivity contribution is -0.130. The van der Waals surface area contributed by atoms with Crippen LogP contribution in [0.1, 0.15) is 12.7 Å². The average Bonchev–Trinajstić information content (AvgIpc) is 3.42. The zero-order valence-corrected chi connectivity index (χ0v) is 16.6. The number of carbonyl (C=O) groups is 1. The van der Waals surface area contributed by atoms with E-state index < -0.39 is 0 Å². The van der Waals surface area contributed by atoms with Crippen LogP contribution >= 0.6 is 0 Å². The van der Waals surface area contributed by atoms with Crippen molar-refractivity contribution >= 4 is 11.6 Å². The molecule has 0 unspecified atom stereocenters. The summed E-state index contributed by atoms with van der Waals surface area (Å²) in [6, 6.07) is 13.5. The van der Waals surface area contributed by atoms with Gasteiger partial charge in [-0.05, 0) is 12.1 Å². The molecule has 4 heterocycles. The molecule has 9 nitrogen and oxygen atoms in total. The summed E-state index contributed by atoms with van der Waals surface area (Å²) in [5.41, 5.74) is 2.43. The number of aromatic nitrogens is 5. The first-order valence-electron chi connectivity index (χ1n) is 9.88. The van der Waals surface area contributed by atoms with Crippen molar-refractivity contribution < 1.29 is 9.32 Å². The molecule has 0 N–H and O–H groups in total. The van der Waals surface area contributed by atoms with E-state index in [0.29, 0.717) is 18.3 Å². The van der Waals surface area contributed by atoms with Crippen LogP contribution in [0.4, 0.5) is 0 Å². The van der Waals surface area contributed by atoms with E-state index in [0.717, 1.165) is 48.8 Å². The molecule has 0 atom stereocenters. The highest BCUT2D eigenvalue weighted by Gasteiger charge is 2.20. The van der Waals surface area contributed by atoms with E-state index in [1.165, 1.54) is 0 Å². The lowest BCUT2D eigenvalue weighted by atomic mass is 10.2. The summed E-state index contributed by atoms with van der Waals surface area (Å²) in [7, 11) is 0. The number of benzene rings is 1. The molecule has 3 aromatic heterocycles.